The van der Waals surface area contributed by atoms with Gasteiger partial charge in [0, 0.05) is 31.4 Å². The molecule has 2 aromatic rings. The van der Waals surface area contributed by atoms with E-state index >= 15 is 0 Å². The van der Waals surface area contributed by atoms with E-state index < -0.39 is 0 Å². The quantitative estimate of drug-likeness (QED) is 0.806. The highest BCUT2D eigenvalue weighted by Gasteiger charge is 2.26. The number of amides is 1. The summed E-state index contributed by atoms with van der Waals surface area (Å²) < 4.78 is 2.06. The Morgan fingerprint density at radius 3 is 3.15 bits per heavy atom. The molecule has 1 N–H and O–H groups in total. The zero-order valence-corrected chi connectivity index (χ0v) is 12.0. The average Bonchev–Trinajstić information content (AvgIpc) is 2.97. The summed E-state index contributed by atoms with van der Waals surface area (Å²) in [6, 6.07) is 0.534. The third kappa shape index (κ3) is 3.01. The monoisotopic (exact) mass is 292 g/mol. The smallest absolute Gasteiger partial charge is 0.233 e. The molecule has 0 bridgehead atoms. The summed E-state index contributed by atoms with van der Waals surface area (Å²) in [6.07, 6.45) is 7.63. The lowest BCUT2D eigenvalue weighted by molar-refractivity contribution is -0.127. The summed E-state index contributed by atoms with van der Waals surface area (Å²) in [5.41, 5.74) is 0.993. The zero-order valence-electron chi connectivity index (χ0n) is 11.2. The molecule has 20 heavy (non-hydrogen) atoms. The van der Waals surface area contributed by atoms with Gasteiger partial charge in [0.2, 0.25) is 5.91 Å². The van der Waals surface area contributed by atoms with E-state index in [-0.39, 0.29) is 5.91 Å². The van der Waals surface area contributed by atoms with E-state index in [1.807, 2.05) is 0 Å². The van der Waals surface area contributed by atoms with Crippen LogP contribution < -0.4 is 0 Å². The number of nitrogens with zero attached hydrogens (tertiary/aromatic N) is 5. The second-order valence-electron chi connectivity index (χ2n) is 4.90. The Morgan fingerprint density at radius 2 is 2.45 bits per heavy atom. The zero-order chi connectivity index (χ0) is 13.9. The molecule has 2 aromatic heterocycles. The van der Waals surface area contributed by atoms with Crippen molar-refractivity contribution in [2.24, 2.45) is 0 Å². The highest BCUT2D eigenvalue weighted by atomic mass is 32.2. The Labute approximate surface area is 120 Å². The first-order chi connectivity index (χ1) is 9.74. The lowest BCUT2D eigenvalue weighted by Gasteiger charge is -2.15. The van der Waals surface area contributed by atoms with Crippen molar-refractivity contribution in [2.45, 2.75) is 30.6 Å². The molecular formula is C12H16N6OS. The molecule has 3 rings (SSSR count). The molecule has 0 unspecified atom stereocenters. The number of rotatable bonds is 6. The highest BCUT2D eigenvalue weighted by Crippen LogP contribution is 2.37. The molecule has 1 saturated carbocycles. The average molecular weight is 292 g/mol. The van der Waals surface area contributed by atoms with Gasteiger partial charge in [-0.15, -0.1) is 10.2 Å². The lowest BCUT2D eigenvalue weighted by Crippen LogP contribution is -2.27. The van der Waals surface area contributed by atoms with E-state index in [1.165, 1.54) is 24.6 Å². The van der Waals surface area contributed by atoms with Gasteiger partial charge in [0.15, 0.2) is 5.16 Å². The van der Waals surface area contributed by atoms with Crippen molar-refractivity contribution in [3.8, 4) is 0 Å². The number of aromatic nitrogens is 5. The van der Waals surface area contributed by atoms with Gasteiger partial charge in [-0.1, -0.05) is 11.8 Å². The van der Waals surface area contributed by atoms with Crippen LogP contribution in [-0.2, 0) is 11.3 Å². The van der Waals surface area contributed by atoms with Crippen LogP contribution in [0, 0.1) is 0 Å². The fourth-order valence-electron chi connectivity index (χ4n) is 1.90. The second kappa shape index (κ2) is 5.66. The normalized spacial score (nSPS) is 14.4. The van der Waals surface area contributed by atoms with E-state index in [9.17, 15) is 4.79 Å². The van der Waals surface area contributed by atoms with Gasteiger partial charge in [0.1, 0.15) is 6.33 Å². The van der Waals surface area contributed by atoms with E-state index in [4.69, 9.17) is 0 Å². The summed E-state index contributed by atoms with van der Waals surface area (Å²) in [7, 11) is 1.79. The van der Waals surface area contributed by atoms with Crippen LogP contribution in [0.1, 0.15) is 24.4 Å². The predicted molar refractivity (Wildman–Crippen MR) is 74.1 cm³/mol. The molecular weight excluding hydrogens is 276 g/mol. The number of aromatic amines is 1. The Kier molecular flexibility index (Phi) is 3.72. The van der Waals surface area contributed by atoms with Gasteiger partial charge in [0.25, 0.3) is 0 Å². The van der Waals surface area contributed by atoms with Crippen molar-refractivity contribution in [1.82, 2.24) is 29.9 Å². The van der Waals surface area contributed by atoms with Gasteiger partial charge in [-0.2, -0.15) is 5.10 Å². The number of hydrogen-bond acceptors (Lipinski definition) is 5. The predicted octanol–water partition coefficient (Wildman–Crippen LogP) is 1.09. The third-order valence-corrected chi connectivity index (χ3v) is 4.15. The Morgan fingerprint density at radius 1 is 1.60 bits per heavy atom. The maximum Gasteiger partial charge on any atom is 0.233 e. The minimum atomic E-state index is 0.0709. The fourth-order valence-corrected chi connectivity index (χ4v) is 2.82. The van der Waals surface area contributed by atoms with Crippen LogP contribution in [-0.4, -0.2) is 48.6 Å². The van der Waals surface area contributed by atoms with Crippen LogP contribution in [0.3, 0.4) is 0 Å². The van der Waals surface area contributed by atoms with Crippen molar-refractivity contribution >= 4 is 17.7 Å². The van der Waals surface area contributed by atoms with Gasteiger partial charge in [-0.05, 0) is 12.8 Å². The molecule has 0 spiro atoms. The molecule has 2 heterocycles. The molecule has 8 heteroatoms. The largest absolute Gasteiger partial charge is 0.341 e. The van der Waals surface area contributed by atoms with Crippen LogP contribution >= 0.6 is 11.8 Å². The fraction of sp³-hybridized carbons (Fsp3) is 0.500. The van der Waals surface area contributed by atoms with Crippen LogP contribution in [0.15, 0.2) is 23.9 Å². The van der Waals surface area contributed by atoms with Crippen LogP contribution in [0.25, 0.3) is 0 Å². The second-order valence-corrected chi connectivity index (χ2v) is 5.84. The summed E-state index contributed by atoms with van der Waals surface area (Å²) in [5, 5.41) is 15.4. The first-order valence-electron chi connectivity index (χ1n) is 6.48. The van der Waals surface area contributed by atoms with Crippen LogP contribution in [0.5, 0.6) is 0 Å². The molecule has 1 aliphatic carbocycles. The first kappa shape index (κ1) is 13.2. The molecule has 0 aromatic carbocycles. The van der Waals surface area contributed by atoms with Gasteiger partial charge in [-0.25, -0.2) is 0 Å². The molecule has 1 aliphatic rings. The van der Waals surface area contributed by atoms with Crippen molar-refractivity contribution in [3.63, 3.8) is 0 Å². The standard InChI is InChI=1S/C12H16N6OS/c1-17(6-9-4-13-14-5-9)11(19)7-20-12-16-15-8-18(12)10-2-3-10/h4-5,8,10H,2-3,6-7H2,1H3,(H,13,14). The van der Waals surface area contributed by atoms with E-state index in [0.717, 1.165) is 10.7 Å². The number of thioether (sulfide) groups is 1. The third-order valence-electron chi connectivity index (χ3n) is 3.21. The number of carbonyl (C=O) groups excluding carboxylic acids is 1. The molecule has 7 nitrogen and oxygen atoms in total. The topological polar surface area (TPSA) is 79.7 Å². The van der Waals surface area contributed by atoms with Crippen molar-refractivity contribution in [1.29, 1.82) is 0 Å². The first-order valence-corrected chi connectivity index (χ1v) is 7.46. The molecule has 0 saturated heterocycles. The van der Waals surface area contributed by atoms with Crippen LogP contribution in [0.2, 0.25) is 0 Å². The number of nitrogens with one attached hydrogen (secondary N) is 1. The van der Waals surface area contributed by atoms with E-state index in [0.29, 0.717) is 18.3 Å². The molecule has 0 aliphatic heterocycles. The number of H-pyrrole nitrogens is 1. The van der Waals surface area contributed by atoms with Crippen molar-refractivity contribution < 1.29 is 4.79 Å². The molecule has 0 radical (unpaired) electrons. The highest BCUT2D eigenvalue weighted by molar-refractivity contribution is 7.99. The SMILES string of the molecule is CN(Cc1cn[nH]c1)C(=O)CSc1nncn1C1CC1. The molecule has 106 valence electrons. The van der Waals surface area contributed by atoms with Crippen molar-refractivity contribution in [3.05, 3.63) is 24.3 Å². The Balaban J connectivity index is 1.52. The minimum absolute atomic E-state index is 0.0709. The van der Waals surface area contributed by atoms with Gasteiger partial charge < -0.3 is 9.47 Å². The maximum absolute atomic E-state index is 12.1. The Hall–Kier alpha value is -1.83. The van der Waals surface area contributed by atoms with E-state index in [1.54, 1.807) is 30.7 Å². The summed E-state index contributed by atoms with van der Waals surface area (Å²) in [6.45, 7) is 0.561. The Bertz CT molecular complexity index is 577. The van der Waals surface area contributed by atoms with Gasteiger partial charge in [-0.3, -0.25) is 9.89 Å². The van der Waals surface area contributed by atoms with Gasteiger partial charge >= 0.3 is 0 Å². The molecule has 1 fully saturated rings. The summed E-state index contributed by atoms with van der Waals surface area (Å²) in [4.78, 5) is 13.8. The maximum atomic E-state index is 12.1. The van der Waals surface area contributed by atoms with E-state index in [2.05, 4.69) is 25.0 Å². The van der Waals surface area contributed by atoms with Gasteiger partial charge in [0.05, 0.1) is 11.9 Å². The molecule has 1 amide bonds. The van der Waals surface area contributed by atoms with Crippen LogP contribution in [0.4, 0.5) is 0 Å². The van der Waals surface area contributed by atoms with Crippen molar-refractivity contribution in [2.75, 3.05) is 12.8 Å². The minimum Gasteiger partial charge on any atom is -0.341 e. The summed E-state index contributed by atoms with van der Waals surface area (Å²) >= 11 is 1.45. The molecule has 0 atom stereocenters. The number of hydrogen-bond donors (Lipinski definition) is 1. The summed E-state index contributed by atoms with van der Waals surface area (Å²) in [5.74, 6) is 0.446. The number of carbonyl (C=O) groups is 1. The lowest BCUT2D eigenvalue weighted by atomic mass is 10.3.